The van der Waals surface area contributed by atoms with Crippen LogP contribution in [0.5, 0.6) is 11.5 Å². The molecule has 6 aromatic rings. The minimum Gasteiger partial charge on any atom is -0.490 e. The normalized spacial score (nSPS) is 11.5. The first-order valence-corrected chi connectivity index (χ1v) is 12.2. The van der Waals surface area contributed by atoms with Crippen LogP contribution in [0, 0.1) is 0 Å². The summed E-state index contributed by atoms with van der Waals surface area (Å²) in [5.41, 5.74) is 2.28. The van der Waals surface area contributed by atoms with E-state index in [0.29, 0.717) is 0 Å². The standard InChI is InChI=1S/C32H26O4/c33-17-19-35-31-25-13-5-1-9-21(25)29(22-10-2-6-14-26(22)31)30-23-11-3-7-15-27(23)32(36-20-18-34)28-16-8-4-12-24(28)30/h1-16,33-34H,17-20H2. The van der Waals surface area contributed by atoms with E-state index in [-0.39, 0.29) is 26.4 Å². The number of hydrogen-bond donors (Lipinski definition) is 2. The van der Waals surface area contributed by atoms with Gasteiger partial charge in [0.2, 0.25) is 0 Å². The van der Waals surface area contributed by atoms with Crippen molar-refractivity contribution in [3.05, 3.63) is 97.1 Å². The fraction of sp³-hybridized carbons (Fsp3) is 0.125. The van der Waals surface area contributed by atoms with Gasteiger partial charge in [-0.3, -0.25) is 0 Å². The number of aliphatic hydroxyl groups excluding tert-OH is 2. The maximum absolute atomic E-state index is 9.48. The summed E-state index contributed by atoms with van der Waals surface area (Å²) in [6, 6.07) is 33.2. The van der Waals surface area contributed by atoms with Gasteiger partial charge < -0.3 is 19.7 Å². The summed E-state index contributed by atoms with van der Waals surface area (Å²) in [7, 11) is 0. The third-order valence-corrected chi connectivity index (χ3v) is 6.69. The lowest BCUT2D eigenvalue weighted by atomic mass is 9.85. The smallest absolute Gasteiger partial charge is 0.135 e. The van der Waals surface area contributed by atoms with Crippen LogP contribution in [0.3, 0.4) is 0 Å². The molecule has 6 rings (SSSR count). The van der Waals surface area contributed by atoms with E-state index in [9.17, 15) is 10.2 Å². The topological polar surface area (TPSA) is 58.9 Å². The second kappa shape index (κ2) is 9.50. The summed E-state index contributed by atoms with van der Waals surface area (Å²) in [4.78, 5) is 0. The molecule has 0 spiro atoms. The lowest BCUT2D eigenvalue weighted by molar-refractivity contribution is 0.204. The summed E-state index contributed by atoms with van der Waals surface area (Å²) in [5.74, 6) is 1.58. The Morgan fingerprint density at radius 2 is 0.639 bits per heavy atom. The molecule has 0 atom stereocenters. The SMILES string of the molecule is OCCOc1c2ccccc2c(-c2c3ccccc3c(OCCO)c3ccccc23)c2ccccc12. The van der Waals surface area contributed by atoms with Crippen LogP contribution in [0.25, 0.3) is 54.2 Å². The van der Waals surface area contributed by atoms with Crippen molar-refractivity contribution in [2.75, 3.05) is 26.4 Å². The minimum absolute atomic E-state index is 0.0466. The van der Waals surface area contributed by atoms with Crippen molar-refractivity contribution >= 4 is 43.1 Å². The molecule has 0 aromatic heterocycles. The molecule has 0 saturated heterocycles. The highest BCUT2D eigenvalue weighted by Gasteiger charge is 2.21. The van der Waals surface area contributed by atoms with Crippen molar-refractivity contribution < 1.29 is 19.7 Å². The first-order valence-electron chi connectivity index (χ1n) is 12.2. The van der Waals surface area contributed by atoms with Gasteiger partial charge in [-0.15, -0.1) is 0 Å². The molecule has 0 aliphatic carbocycles. The van der Waals surface area contributed by atoms with Gasteiger partial charge >= 0.3 is 0 Å². The van der Waals surface area contributed by atoms with Gasteiger partial charge in [-0.1, -0.05) is 97.1 Å². The van der Waals surface area contributed by atoms with Crippen LogP contribution >= 0.6 is 0 Å². The van der Waals surface area contributed by atoms with Gasteiger partial charge in [0.15, 0.2) is 0 Å². The molecule has 4 nitrogen and oxygen atoms in total. The molecule has 6 aromatic carbocycles. The van der Waals surface area contributed by atoms with E-state index in [1.807, 2.05) is 24.3 Å². The van der Waals surface area contributed by atoms with Gasteiger partial charge in [0.05, 0.1) is 13.2 Å². The predicted molar refractivity (Wildman–Crippen MR) is 147 cm³/mol. The number of aliphatic hydroxyl groups is 2. The van der Waals surface area contributed by atoms with Gasteiger partial charge in [0, 0.05) is 21.5 Å². The Hall–Kier alpha value is -4.12. The molecule has 0 aliphatic heterocycles. The van der Waals surface area contributed by atoms with E-state index in [2.05, 4.69) is 72.8 Å². The van der Waals surface area contributed by atoms with Gasteiger partial charge in [0.1, 0.15) is 24.7 Å². The summed E-state index contributed by atoms with van der Waals surface area (Å²) in [6.45, 7) is 0.371. The molecule has 0 saturated carbocycles. The molecule has 0 amide bonds. The molecule has 178 valence electrons. The molecule has 0 fully saturated rings. The average molecular weight is 475 g/mol. The summed E-state index contributed by atoms with van der Waals surface area (Å²) >= 11 is 0. The van der Waals surface area contributed by atoms with Crippen molar-refractivity contribution in [1.29, 1.82) is 0 Å². The number of fused-ring (bicyclic) bond motifs is 4. The maximum Gasteiger partial charge on any atom is 0.135 e. The van der Waals surface area contributed by atoms with Crippen LogP contribution in [-0.2, 0) is 0 Å². The van der Waals surface area contributed by atoms with E-state index in [1.54, 1.807) is 0 Å². The first-order chi connectivity index (χ1) is 17.8. The number of hydrogen-bond acceptors (Lipinski definition) is 4. The highest BCUT2D eigenvalue weighted by Crippen LogP contribution is 2.49. The van der Waals surface area contributed by atoms with E-state index in [0.717, 1.165) is 65.7 Å². The van der Waals surface area contributed by atoms with Crippen LogP contribution in [-0.4, -0.2) is 36.6 Å². The van der Waals surface area contributed by atoms with Crippen molar-refractivity contribution in [3.8, 4) is 22.6 Å². The number of benzene rings is 6. The summed E-state index contributed by atoms with van der Waals surface area (Å²) in [5, 5.41) is 27.3. The van der Waals surface area contributed by atoms with Gasteiger partial charge in [-0.2, -0.15) is 0 Å². The number of ether oxygens (including phenoxy) is 2. The Morgan fingerprint density at radius 3 is 0.889 bits per heavy atom. The first kappa shape index (κ1) is 22.4. The van der Waals surface area contributed by atoms with E-state index < -0.39 is 0 Å². The maximum atomic E-state index is 9.48. The molecule has 0 aliphatic rings. The third kappa shape index (κ3) is 3.54. The molecule has 4 heteroatoms. The van der Waals surface area contributed by atoms with E-state index >= 15 is 0 Å². The molecule has 36 heavy (non-hydrogen) atoms. The average Bonchev–Trinajstić information content (AvgIpc) is 2.94. The summed E-state index contributed by atoms with van der Waals surface area (Å²) in [6.07, 6.45) is 0. The molecular weight excluding hydrogens is 448 g/mol. The molecular formula is C32H26O4. The highest BCUT2D eigenvalue weighted by molar-refractivity contribution is 6.26. The second-order valence-corrected chi connectivity index (χ2v) is 8.73. The fourth-order valence-electron chi connectivity index (χ4n) is 5.32. The molecule has 0 unspecified atom stereocenters. The lowest BCUT2D eigenvalue weighted by Crippen LogP contribution is -2.04. The van der Waals surface area contributed by atoms with Crippen LogP contribution in [0.2, 0.25) is 0 Å². The highest BCUT2D eigenvalue weighted by atomic mass is 16.5. The zero-order chi connectivity index (χ0) is 24.5. The van der Waals surface area contributed by atoms with E-state index in [1.165, 1.54) is 0 Å². The Labute approximate surface area is 208 Å². The Kier molecular flexibility index (Phi) is 5.90. The summed E-state index contributed by atoms with van der Waals surface area (Å²) < 4.78 is 12.2. The van der Waals surface area contributed by atoms with Crippen LogP contribution < -0.4 is 9.47 Å². The second-order valence-electron chi connectivity index (χ2n) is 8.73. The Balaban J connectivity index is 1.82. The van der Waals surface area contributed by atoms with E-state index in [4.69, 9.17) is 9.47 Å². The predicted octanol–water partition coefficient (Wildman–Crippen LogP) is 6.71. The van der Waals surface area contributed by atoms with Crippen LogP contribution in [0.15, 0.2) is 97.1 Å². The zero-order valence-corrected chi connectivity index (χ0v) is 19.8. The third-order valence-electron chi connectivity index (χ3n) is 6.69. The quantitative estimate of drug-likeness (QED) is 0.253. The molecule has 0 heterocycles. The fourth-order valence-corrected chi connectivity index (χ4v) is 5.32. The number of rotatable bonds is 7. The Morgan fingerprint density at radius 1 is 0.389 bits per heavy atom. The Bertz CT molecular complexity index is 1480. The van der Waals surface area contributed by atoms with Crippen LogP contribution in [0.4, 0.5) is 0 Å². The lowest BCUT2D eigenvalue weighted by Gasteiger charge is -2.21. The largest absolute Gasteiger partial charge is 0.490 e. The van der Waals surface area contributed by atoms with Gasteiger partial charge in [-0.05, 0) is 32.7 Å². The van der Waals surface area contributed by atoms with Crippen molar-refractivity contribution in [2.24, 2.45) is 0 Å². The monoisotopic (exact) mass is 474 g/mol. The minimum atomic E-state index is -0.0466. The van der Waals surface area contributed by atoms with Gasteiger partial charge in [0.25, 0.3) is 0 Å². The van der Waals surface area contributed by atoms with Crippen LogP contribution in [0.1, 0.15) is 0 Å². The zero-order valence-electron chi connectivity index (χ0n) is 19.8. The molecule has 0 bridgehead atoms. The van der Waals surface area contributed by atoms with Crippen molar-refractivity contribution in [2.45, 2.75) is 0 Å². The molecule has 0 radical (unpaired) electrons. The van der Waals surface area contributed by atoms with Gasteiger partial charge in [-0.25, -0.2) is 0 Å². The molecule has 2 N–H and O–H groups in total. The van der Waals surface area contributed by atoms with Crippen molar-refractivity contribution in [3.63, 3.8) is 0 Å². The van der Waals surface area contributed by atoms with Crippen molar-refractivity contribution in [1.82, 2.24) is 0 Å².